The van der Waals surface area contributed by atoms with E-state index in [1.165, 1.54) is 0 Å². The first-order chi connectivity index (χ1) is 18.5. The standard InChI is InChI=1S/C29H34F2N5O2/c1-2-33-9-11-34(12-10-33)22-5-6-23(27(19-22)38-29(30)31)21-17-24-25(18-21)32-8-7-26(24)35-13-15-36(16-14-35)28(37)20-3-4-20/h5-7,17,19-20,29H,2-4,9-16,18H2,1H3/q-1. The second-order valence-electron chi connectivity index (χ2n) is 10.5. The number of benzene rings is 1. The van der Waals surface area contributed by atoms with Crippen molar-refractivity contribution < 1.29 is 18.3 Å². The summed E-state index contributed by atoms with van der Waals surface area (Å²) in [6.45, 7) is 6.83. The van der Waals surface area contributed by atoms with Crippen molar-refractivity contribution in [3.8, 4) is 5.75 Å². The summed E-state index contributed by atoms with van der Waals surface area (Å²) >= 11 is 0. The molecule has 0 N–H and O–H groups in total. The summed E-state index contributed by atoms with van der Waals surface area (Å²) in [6, 6.07) is 7.56. The quantitative estimate of drug-likeness (QED) is 0.516. The highest BCUT2D eigenvalue weighted by atomic mass is 19.3. The van der Waals surface area contributed by atoms with Gasteiger partial charge in [0.25, 0.3) is 0 Å². The molecule has 4 aliphatic rings. The summed E-state index contributed by atoms with van der Waals surface area (Å²) in [5, 5.41) is 0. The van der Waals surface area contributed by atoms with Crippen molar-refractivity contribution >= 4 is 28.9 Å². The summed E-state index contributed by atoms with van der Waals surface area (Å²) in [7, 11) is 0. The van der Waals surface area contributed by atoms with Gasteiger partial charge in [0.15, 0.2) is 0 Å². The number of nitrogens with zero attached hydrogens (tertiary/aromatic N) is 5. The van der Waals surface area contributed by atoms with Gasteiger partial charge in [0, 0.05) is 75.6 Å². The Kier molecular flexibility index (Phi) is 6.95. The third-order valence-corrected chi connectivity index (χ3v) is 8.23. The zero-order valence-electron chi connectivity index (χ0n) is 21.8. The number of aromatic nitrogens is 1. The van der Waals surface area contributed by atoms with Crippen molar-refractivity contribution in [1.82, 2.24) is 14.8 Å². The Labute approximate surface area is 222 Å². The number of fused-ring (bicyclic) bond motifs is 1. The number of carbonyl (C=O) groups excluding carboxylic acids is 1. The molecule has 38 heavy (non-hydrogen) atoms. The van der Waals surface area contributed by atoms with Crippen molar-refractivity contribution in [3.63, 3.8) is 0 Å². The molecule has 0 atom stereocenters. The van der Waals surface area contributed by atoms with Gasteiger partial charge in [0.2, 0.25) is 5.91 Å². The van der Waals surface area contributed by atoms with Crippen LogP contribution < -0.4 is 14.5 Å². The van der Waals surface area contributed by atoms with E-state index in [1.807, 2.05) is 23.1 Å². The summed E-state index contributed by atoms with van der Waals surface area (Å²) < 4.78 is 32.0. The normalized spacial score (nSPS) is 20.1. The first kappa shape index (κ1) is 25.1. The van der Waals surface area contributed by atoms with Crippen LogP contribution >= 0.6 is 0 Å². The van der Waals surface area contributed by atoms with E-state index >= 15 is 0 Å². The van der Waals surface area contributed by atoms with Crippen molar-refractivity contribution in [2.45, 2.75) is 32.8 Å². The van der Waals surface area contributed by atoms with E-state index in [0.29, 0.717) is 31.0 Å². The molecule has 1 aromatic heterocycles. The molecule has 0 unspecified atom stereocenters. The fourth-order valence-electron chi connectivity index (χ4n) is 5.83. The van der Waals surface area contributed by atoms with Gasteiger partial charge in [-0.2, -0.15) is 8.78 Å². The van der Waals surface area contributed by atoms with E-state index < -0.39 is 6.61 Å². The molecule has 2 aliphatic carbocycles. The number of hydrogen-bond donors (Lipinski definition) is 0. The maximum Gasteiger partial charge on any atom is 0.387 e. The molecule has 0 bridgehead atoms. The zero-order chi connectivity index (χ0) is 26.2. The molecule has 9 heteroatoms. The van der Waals surface area contributed by atoms with Crippen LogP contribution in [-0.2, 0) is 11.2 Å². The number of halogens is 2. The SMILES string of the molecule is CCN1CCN(c2ccc(C3=Cc4c(N5CCN(C(=O)C6CC6)CC5)c[c-]nc4C3)c(OC(F)F)c2)CC1. The third-order valence-electron chi connectivity index (χ3n) is 8.23. The Morgan fingerprint density at radius 2 is 1.82 bits per heavy atom. The number of rotatable bonds is 7. The van der Waals surface area contributed by atoms with Gasteiger partial charge in [-0.3, -0.25) is 4.79 Å². The van der Waals surface area contributed by atoms with E-state index in [2.05, 4.69) is 38.9 Å². The van der Waals surface area contributed by atoms with Crippen LogP contribution in [0.3, 0.4) is 0 Å². The number of ether oxygens (including phenoxy) is 1. The van der Waals surface area contributed by atoms with Crippen LogP contribution in [0.5, 0.6) is 5.75 Å². The Morgan fingerprint density at radius 3 is 2.50 bits per heavy atom. The summed E-state index contributed by atoms with van der Waals surface area (Å²) in [5.74, 6) is 0.732. The van der Waals surface area contributed by atoms with Crippen LogP contribution in [0.1, 0.15) is 36.6 Å². The van der Waals surface area contributed by atoms with Gasteiger partial charge in [-0.05, 0) is 43.5 Å². The second kappa shape index (κ2) is 10.5. The molecule has 0 spiro atoms. The average molecular weight is 523 g/mol. The highest BCUT2D eigenvalue weighted by Crippen LogP contribution is 2.41. The third kappa shape index (κ3) is 5.08. The van der Waals surface area contributed by atoms with Crippen molar-refractivity contribution in [1.29, 1.82) is 0 Å². The Morgan fingerprint density at radius 1 is 1.08 bits per heavy atom. The van der Waals surface area contributed by atoms with Gasteiger partial charge in [0.1, 0.15) is 5.75 Å². The number of alkyl halides is 2. The summed E-state index contributed by atoms with van der Waals surface area (Å²) in [4.78, 5) is 25.8. The number of likely N-dealkylation sites (N-methyl/N-ethyl adjacent to an activating group) is 1. The maximum absolute atomic E-state index is 13.5. The molecule has 1 aromatic carbocycles. The minimum atomic E-state index is -2.90. The van der Waals surface area contributed by atoms with Crippen LogP contribution in [0.15, 0.2) is 24.3 Å². The first-order valence-corrected chi connectivity index (χ1v) is 13.7. The van der Waals surface area contributed by atoms with Crippen LogP contribution in [0.2, 0.25) is 0 Å². The minimum absolute atomic E-state index is 0.201. The zero-order valence-corrected chi connectivity index (χ0v) is 21.8. The molecule has 2 aliphatic heterocycles. The van der Waals surface area contributed by atoms with E-state index in [4.69, 9.17) is 4.74 Å². The predicted octanol–water partition coefficient (Wildman–Crippen LogP) is 3.78. The first-order valence-electron chi connectivity index (χ1n) is 13.7. The Hall–Kier alpha value is -3.20. The summed E-state index contributed by atoms with van der Waals surface area (Å²) in [5.41, 5.74) is 5.41. The number of piperazine rings is 2. The molecule has 202 valence electrons. The predicted molar refractivity (Wildman–Crippen MR) is 144 cm³/mol. The number of carbonyl (C=O) groups is 1. The highest BCUT2D eigenvalue weighted by molar-refractivity contribution is 5.93. The topological polar surface area (TPSA) is 52.2 Å². The molecule has 3 fully saturated rings. The van der Waals surface area contributed by atoms with Crippen molar-refractivity contribution in [3.05, 3.63) is 47.3 Å². The van der Waals surface area contributed by atoms with Gasteiger partial charge in [-0.25, -0.2) is 0 Å². The van der Waals surface area contributed by atoms with Crippen molar-refractivity contribution in [2.75, 3.05) is 68.7 Å². The lowest BCUT2D eigenvalue weighted by molar-refractivity contribution is -0.132. The van der Waals surface area contributed by atoms with Crippen molar-refractivity contribution in [2.24, 2.45) is 5.92 Å². The molecule has 1 saturated carbocycles. The van der Waals surface area contributed by atoms with Crippen LogP contribution in [0.25, 0.3) is 11.6 Å². The van der Waals surface area contributed by atoms with Gasteiger partial charge >= 0.3 is 6.61 Å². The molecule has 3 heterocycles. The highest BCUT2D eigenvalue weighted by Gasteiger charge is 2.34. The van der Waals surface area contributed by atoms with E-state index in [9.17, 15) is 13.6 Å². The van der Waals surface area contributed by atoms with E-state index in [-0.39, 0.29) is 11.7 Å². The second-order valence-corrected chi connectivity index (χ2v) is 10.5. The molecule has 7 nitrogen and oxygen atoms in total. The van der Waals surface area contributed by atoms with Crippen LogP contribution in [0, 0.1) is 12.1 Å². The summed E-state index contributed by atoms with van der Waals surface area (Å²) in [6.07, 6.45) is 7.67. The maximum atomic E-state index is 13.5. The molecule has 6 rings (SSSR count). The molecule has 1 amide bonds. The lowest BCUT2D eigenvalue weighted by Crippen LogP contribution is -2.49. The lowest BCUT2D eigenvalue weighted by Gasteiger charge is -2.40. The smallest absolute Gasteiger partial charge is 0.387 e. The van der Waals surface area contributed by atoms with Gasteiger partial charge in [-0.1, -0.05) is 36.1 Å². The fourth-order valence-corrected chi connectivity index (χ4v) is 5.83. The molecule has 2 aromatic rings. The van der Waals surface area contributed by atoms with E-state index in [0.717, 1.165) is 86.9 Å². The van der Waals surface area contributed by atoms with Gasteiger partial charge in [-0.15, -0.1) is 6.07 Å². The number of pyridine rings is 1. The fraction of sp³-hybridized carbons (Fsp3) is 0.517. The average Bonchev–Trinajstić information content (AvgIpc) is 3.70. The Balaban J connectivity index is 1.23. The van der Waals surface area contributed by atoms with Crippen LogP contribution in [0.4, 0.5) is 20.2 Å². The molecule has 2 saturated heterocycles. The Bertz CT molecular complexity index is 1220. The monoisotopic (exact) mass is 522 g/mol. The number of amides is 1. The van der Waals surface area contributed by atoms with Gasteiger partial charge < -0.3 is 29.3 Å². The molecule has 0 radical (unpaired) electrons. The molecular weight excluding hydrogens is 488 g/mol. The molecular formula is C29H34F2N5O2-. The number of allylic oxidation sites excluding steroid dienone is 1. The van der Waals surface area contributed by atoms with E-state index in [1.54, 1.807) is 6.07 Å². The number of hydrogen-bond acceptors (Lipinski definition) is 6. The lowest BCUT2D eigenvalue weighted by atomic mass is 10.0. The van der Waals surface area contributed by atoms with Crippen LogP contribution in [-0.4, -0.2) is 86.2 Å². The van der Waals surface area contributed by atoms with Gasteiger partial charge in [0.05, 0.1) is 0 Å². The number of anilines is 2. The largest absolute Gasteiger partial charge is 0.434 e. The minimum Gasteiger partial charge on any atom is -0.434 e.